The van der Waals surface area contributed by atoms with E-state index in [2.05, 4.69) is 142 Å². The number of pyridine rings is 3. The third-order valence-corrected chi connectivity index (χ3v) is 12.3. The molecule has 8 aromatic rings. The Hall–Kier alpha value is -4.58. The fraction of sp³-hybridized carbons (Fsp3) is 0.152. The summed E-state index contributed by atoms with van der Waals surface area (Å²) in [7, 11) is -1.43. The summed E-state index contributed by atoms with van der Waals surface area (Å²) in [5, 5.41) is 3.86. The van der Waals surface area contributed by atoms with Crippen LogP contribution in [-0.2, 0) is 26.5 Å². The molecule has 4 heterocycles. The van der Waals surface area contributed by atoms with Gasteiger partial charge in [-0.2, -0.15) is 11.3 Å². The molecule has 1 radical (unpaired) electrons. The largest absolute Gasteiger partial charge is 0.305 e. The molecule has 4 aromatic heterocycles. The minimum absolute atomic E-state index is 0. The number of nitrogens with zero attached hydrogens (tertiary/aromatic N) is 3. The number of benzene rings is 4. The average molecular weight is 888 g/mol. The van der Waals surface area contributed by atoms with Crippen molar-refractivity contribution in [1.29, 1.82) is 0 Å². The summed E-state index contributed by atoms with van der Waals surface area (Å²) in [6.07, 6.45) is 4.96. The van der Waals surface area contributed by atoms with Crippen LogP contribution in [0, 0.1) is 12.1 Å². The van der Waals surface area contributed by atoms with E-state index in [9.17, 15) is 0 Å². The SMILES string of the molecule is CC(C)c1ccnc(-c2[c-]ccc3c2sc2nc(-c4ccccc4)ccc23)c1.C[Si](C)(C)c1cnc(-c2[c-]cccc2)cc1Cc1ccccc1.[Ir]. The zero-order valence-electron chi connectivity index (χ0n) is 30.1. The average Bonchev–Trinajstić information content (AvgIpc) is 3.54. The molecule has 4 aromatic carbocycles. The summed E-state index contributed by atoms with van der Waals surface area (Å²) in [4.78, 5) is 15.4. The fourth-order valence-electron chi connectivity index (χ4n) is 6.36. The van der Waals surface area contributed by atoms with Crippen LogP contribution in [-0.4, -0.2) is 23.0 Å². The molecule has 52 heavy (non-hydrogen) atoms. The van der Waals surface area contributed by atoms with Gasteiger partial charge in [0.1, 0.15) is 4.83 Å². The predicted molar refractivity (Wildman–Crippen MR) is 219 cm³/mol. The van der Waals surface area contributed by atoms with Gasteiger partial charge in [-0.15, -0.1) is 59.7 Å². The van der Waals surface area contributed by atoms with Gasteiger partial charge in [0.2, 0.25) is 0 Å². The number of rotatable bonds is 7. The van der Waals surface area contributed by atoms with Crippen molar-refractivity contribution in [3.8, 4) is 33.8 Å². The second-order valence-corrected chi connectivity index (χ2v) is 20.2. The minimum Gasteiger partial charge on any atom is -0.305 e. The van der Waals surface area contributed by atoms with Crippen molar-refractivity contribution in [3.05, 3.63) is 169 Å². The molecular formula is C46H41IrN3SSi-2. The summed E-state index contributed by atoms with van der Waals surface area (Å²) >= 11 is 1.72. The summed E-state index contributed by atoms with van der Waals surface area (Å²) in [5.74, 6) is 0.471. The van der Waals surface area contributed by atoms with Gasteiger partial charge in [-0.25, -0.2) is 4.98 Å². The molecule has 0 atom stereocenters. The molecule has 3 nitrogen and oxygen atoms in total. The Morgan fingerprint density at radius 2 is 1.44 bits per heavy atom. The van der Waals surface area contributed by atoms with Gasteiger partial charge in [0.15, 0.2) is 0 Å². The van der Waals surface area contributed by atoms with Gasteiger partial charge < -0.3 is 9.97 Å². The van der Waals surface area contributed by atoms with Crippen molar-refractivity contribution >= 4 is 44.9 Å². The smallest absolute Gasteiger partial charge is 0.114 e. The Kier molecular flexibility index (Phi) is 11.7. The number of fused-ring (bicyclic) bond motifs is 3. The maximum absolute atomic E-state index is 4.95. The Morgan fingerprint density at radius 3 is 2.15 bits per heavy atom. The first kappa shape index (κ1) is 37.2. The quantitative estimate of drug-likeness (QED) is 0.118. The number of hydrogen-bond acceptors (Lipinski definition) is 4. The van der Waals surface area contributed by atoms with Crippen LogP contribution in [0.4, 0.5) is 0 Å². The normalized spacial score (nSPS) is 11.3. The van der Waals surface area contributed by atoms with E-state index in [1.54, 1.807) is 11.3 Å². The maximum Gasteiger partial charge on any atom is 0.114 e. The van der Waals surface area contributed by atoms with E-state index in [1.165, 1.54) is 37.3 Å². The molecule has 0 spiro atoms. The van der Waals surface area contributed by atoms with Crippen LogP contribution in [0.5, 0.6) is 0 Å². The summed E-state index contributed by atoms with van der Waals surface area (Å²) in [5.41, 5.74) is 10.3. The molecule has 6 heteroatoms. The summed E-state index contributed by atoms with van der Waals surface area (Å²) < 4.78 is 1.20. The monoisotopic (exact) mass is 888 g/mol. The van der Waals surface area contributed by atoms with Gasteiger partial charge in [0, 0.05) is 38.1 Å². The molecule has 0 bridgehead atoms. The molecule has 0 aliphatic heterocycles. The van der Waals surface area contributed by atoms with Crippen molar-refractivity contribution in [2.45, 2.75) is 45.8 Å². The van der Waals surface area contributed by atoms with Crippen LogP contribution in [0.3, 0.4) is 0 Å². The number of thiophene rings is 1. The van der Waals surface area contributed by atoms with Crippen molar-refractivity contribution in [2.75, 3.05) is 0 Å². The van der Waals surface area contributed by atoms with Crippen LogP contribution < -0.4 is 5.19 Å². The van der Waals surface area contributed by atoms with E-state index in [-0.39, 0.29) is 20.1 Å². The van der Waals surface area contributed by atoms with Crippen LogP contribution in [0.25, 0.3) is 54.1 Å². The number of aromatic nitrogens is 3. The zero-order valence-corrected chi connectivity index (χ0v) is 34.4. The van der Waals surface area contributed by atoms with E-state index in [0.29, 0.717) is 5.92 Å². The van der Waals surface area contributed by atoms with E-state index in [1.807, 2.05) is 48.7 Å². The molecule has 0 aliphatic rings. The standard InChI is InChI=1S/C25H19N2S.C21H22NSi.Ir/c1-16(2)18-13-14-26-23(15-18)21-10-6-9-19-20-11-12-22(17-7-4-3-5-8-17)27-25(20)28-24(19)21;1-23(2,3)21-16-22-20(18-12-8-5-9-13-18)15-19(21)14-17-10-6-4-7-11-17;/h3-9,11-16H,1-2H3;4-12,15-16H,14H2,1-3H3;/q2*-1;. The third-order valence-electron chi connectivity index (χ3n) is 9.09. The maximum atomic E-state index is 4.95. The van der Waals surface area contributed by atoms with E-state index >= 15 is 0 Å². The molecule has 0 saturated heterocycles. The predicted octanol–water partition coefficient (Wildman–Crippen LogP) is 11.8. The fourth-order valence-corrected chi connectivity index (χ4v) is 9.11. The van der Waals surface area contributed by atoms with Crippen LogP contribution >= 0.6 is 11.3 Å². The third kappa shape index (κ3) is 8.38. The topological polar surface area (TPSA) is 38.7 Å². The zero-order chi connectivity index (χ0) is 35.4. The second kappa shape index (κ2) is 16.4. The number of hydrogen-bond donors (Lipinski definition) is 0. The van der Waals surface area contributed by atoms with E-state index < -0.39 is 8.07 Å². The van der Waals surface area contributed by atoms with E-state index in [4.69, 9.17) is 9.97 Å². The van der Waals surface area contributed by atoms with Crippen molar-refractivity contribution in [3.63, 3.8) is 0 Å². The summed E-state index contributed by atoms with van der Waals surface area (Å²) in [6, 6.07) is 50.7. The van der Waals surface area contributed by atoms with Crippen LogP contribution in [0.2, 0.25) is 19.6 Å². The van der Waals surface area contributed by atoms with Crippen LogP contribution in [0.1, 0.15) is 36.5 Å². The summed E-state index contributed by atoms with van der Waals surface area (Å²) in [6.45, 7) is 11.6. The molecule has 0 unspecified atom stereocenters. The van der Waals surface area contributed by atoms with Crippen molar-refractivity contribution in [1.82, 2.24) is 15.0 Å². The van der Waals surface area contributed by atoms with E-state index in [0.717, 1.165) is 45.0 Å². The Bertz CT molecular complexity index is 2400. The van der Waals surface area contributed by atoms with Crippen LogP contribution in [0.15, 0.2) is 140 Å². The molecule has 0 amide bonds. The van der Waals surface area contributed by atoms with Gasteiger partial charge in [-0.05, 0) is 56.7 Å². The molecule has 0 N–H and O–H groups in total. The first-order chi connectivity index (χ1) is 24.7. The molecular weight excluding hydrogens is 847 g/mol. The molecule has 0 saturated carbocycles. The molecule has 0 aliphatic carbocycles. The molecule has 8 rings (SSSR count). The molecule has 261 valence electrons. The van der Waals surface area contributed by atoms with Crippen molar-refractivity contribution < 1.29 is 20.1 Å². The van der Waals surface area contributed by atoms with Gasteiger partial charge in [0.25, 0.3) is 0 Å². The second-order valence-electron chi connectivity index (χ2n) is 14.2. The van der Waals surface area contributed by atoms with Gasteiger partial charge in [-0.1, -0.05) is 129 Å². The molecule has 0 fully saturated rings. The van der Waals surface area contributed by atoms with Gasteiger partial charge >= 0.3 is 0 Å². The van der Waals surface area contributed by atoms with Gasteiger partial charge in [0.05, 0.1) is 13.8 Å². The Morgan fingerprint density at radius 1 is 0.692 bits per heavy atom. The first-order valence-electron chi connectivity index (χ1n) is 17.5. The Balaban J connectivity index is 0.000000179. The first-order valence-corrected chi connectivity index (χ1v) is 21.8. The van der Waals surface area contributed by atoms with Crippen molar-refractivity contribution in [2.24, 2.45) is 0 Å². The van der Waals surface area contributed by atoms with Gasteiger partial charge in [-0.3, -0.25) is 0 Å². The minimum atomic E-state index is -1.43. The Labute approximate surface area is 326 Å².